The first-order valence-electron chi connectivity index (χ1n) is 9.51. The maximum absolute atomic E-state index is 12.9. The predicted octanol–water partition coefficient (Wildman–Crippen LogP) is 5.17. The Morgan fingerprint density at radius 2 is 1.50 bits per heavy atom. The number of hydrogen-bond acceptors (Lipinski definition) is 4. The lowest BCUT2D eigenvalue weighted by molar-refractivity contribution is 0.0472. The third-order valence-electron chi connectivity index (χ3n) is 5.01. The second kappa shape index (κ2) is 8.24. The molecule has 1 aliphatic rings. The van der Waals surface area contributed by atoms with Crippen LogP contribution in [-0.2, 0) is 17.8 Å². The predicted molar refractivity (Wildman–Crippen MR) is 117 cm³/mol. The molecule has 1 heterocycles. The van der Waals surface area contributed by atoms with Crippen molar-refractivity contribution < 1.29 is 19.1 Å². The Balaban J connectivity index is 1.53. The Hall–Kier alpha value is -3.25. The molecule has 30 heavy (non-hydrogen) atoms. The maximum atomic E-state index is 12.9. The molecule has 0 saturated heterocycles. The fourth-order valence-electron chi connectivity index (χ4n) is 3.30. The Morgan fingerprint density at radius 1 is 0.867 bits per heavy atom. The minimum atomic E-state index is -0.549. The zero-order valence-corrected chi connectivity index (χ0v) is 17.8. The minimum Gasteiger partial charge on any atom is -0.457 e. The number of halogens is 1. The number of rotatable bonds is 5. The molecule has 0 aromatic heterocycles. The van der Waals surface area contributed by atoms with Crippen LogP contribution < -0.4 is 4.90 Å². The quantitative estimate of drug-likeness (QED) is 0.386. The fraction of sp³-hybridized carbons (Fsp3) is 0.125. The summed E-state index contributed by atoms with van der Waals surface area (Å²) in [6.45, 7) is 2.15. The molecule has 1 aliphatic heterocycles. The topological polar surface area (TPSA) is 63.7 Å². The second-order valence-corrected chi connectivity index (χ2v) is 7.84. The van der Waals surface area contributed by atoms with Gasteiger partial charge in [-0.05, 0) is 60.0 Å². The summed E-state index contributed by atoms with van der Waals surface area (Å²) in [7, 11) is 0. The van der Waals surface area contributed by atoms with Crippen molar-refractivity contribution in [2.45, 2.75) is 20.0 Å². The van der Waals surface area contributed by atoms with Gasteiger partial charge in [-0.2, -0.15) is 0 Å². The normalized spacial score (nSPS) is 12.8. The summed E-state index contributed by atoms with van der Waals surface area (Å²) in [4.78, 5) is 39.3. The molecule has 150 valence electrons. The smallest absolute Gasteiger partial charge is 0.338 e. The van der Waals surface area contributed by atoms with Crippen molar-refractivity contribution in [3.63, 3.8) is 0 Å². The zero-order chi connectivity index (χ0) is 21.3. The molecule has 3 aromatic carbocycles. The van der Waals surface area contributed by atoms with Crippen molar-refractivity contribution in [1.29, 1.82) is 0 Å². The van der Waals surface area contributed by atoms with Gasteiger partial charge < -0.3 is 4.74 Å². The largest absolute Gasteiger partial charge is 0.457 e. The van der Waals surface area contributed by atoms with Gasteiger partial charge >= 0.3 is 5.97 Å². The number of esters is 1. The highest BCUT2D eigenvalue weighted by Crippen LogP contribution is 2.29. The van der Waals surface area contributed by atoms with E-state index in [1.165, 1.54) is 18.2 Å². The molecule has 0 radical (unpaired) electrons. The van der Waals surface area contributed by atoms with Crippen molar-refractivity contribution in [2.75, 3.05) is 4.90 Å². The highest BCUT2D eigenvalue weighted by molar-refractivity contribution is 9.10. The van der Waals surface area contributed by atoms with E-state index < -0.39 is 17.8 Å². The van der Waals surface area contributed by atoms with Gasteiger partial charge in [-0.1, -0.05) is 47.1 Å². The first-order valence-corrected chi connectivity index (χ1v) is 10.3. The van der Waals surface area contributed by atoms with E-state index in [9.17, 15) is 14.4 Å². The number of hydrogen-bond donors (Lipinski definition) is 0. The molecule has 3 aromatic rings. The molecule has 5 nitrogen and oxygen atoms in total. The Morgan fingerprint density at radius 3 is 2.17 bits per heavy atom. The third kappa shape index (κ3) is 3.78. The van der Waals surface area contributed by atoms with Crippen molar-refractivity contribution in [3.8, 4) is 0 Å². The SMILES string of the molecule is CCc1ccc(N2C(=O)c3ccc(C(=O)OCc4ccc(Br)cc4)cc3C2=O)cc1. The molecule has 0 N–H and O–H groups in total. The van der Waals surface area contributed by atoms with Gasteiger partial charge in [-0.15, -0.1) is 0 Å². The summed E-state index contributed by atoms with van der Waals surface area (Å²) in [6.07, 6.45) is 0.869. The molecule has 0 bridgehead atoms. The van der Waals surface area contributed by atoms with E-state index in [1.807, 2.05) is 43.3 Å². The average molecular weight is 464 g/mol. The number of nitrogens with zero attached hydrogens (tertiary/aromatic N) is 1. The highest BCUT2D eigenvalue weighted by Gasteiger charge is 2.37. The molecule has 6 heteroatoms. The lowest BCUT2D eigenvalue weighted by atomic mass is 10.1. The molecule has 0 saturated carbocycles. The summed E-state index contributed by atoms with van der Waals surface area (Å²) >= 11 is 3.36. The summed E-state index contributed by atoms with van der Waals surface area (Å²) in [6, 6.07) is 19.2. The maximum Gasteiger partial charge on any atom is 0.338 e. The minimum absolute atomic E-state index is 0.117. The molecular weight excluding hydrogens is 446 g/mol. The van der Waals surface area contributed by atoms with Crippen LogP contribution in [0, 0.1) is 0 Å². The zero-order valence-electron chi connectivity index (χ0n) is 16.2. The van der Waals surface area contributed by atoms with Gasteiger partial charge in [0.15, 0.2) is 0 Å². The summed E-state index contributed by atoms with van der Waals surface area (Å²) in [5.41, 5.74) is 3.20. The van der Waals surface area contributed by atoms with E-state index in [0.29, 0.717) is 5.69 Å². The molecule has 0 unspecified atom stereocenters. The molecule has 4 rings (SSSR count). The van der Waals surface area contributed by atoms with Crippen LogP contribution in [0.25, 0.3) is 0 Å². The highest BCUT2D eigenvalue weighted by atomic mass is 79.9. The Kier molecular flexibility index (Phi) is 5.50. The molecular formula is C24H18BrNO4. The number of aryl methyl sites for hydroxylation is 1. The van der Waals surface area contributed by atoms with E-state index in [2.05, 4.69) is 15.9 Å². The van der Waals surface area contributed by atoms with E-state index in [-0.39, 0.29) is 23.3 Å². The fourth-order valence-corrected chi connectivity index (χ4v) is 3.56. The molecule has 2 amide bonds. The van der Waals surface area contributed by atoms with Crippen molar-refractivity contribution in [2.24, 2.45) is 0 Å². The first-order chi connectivity index (χ1) is 14.5. The standard InChI is InChI=1S/C24H18BrNO4/c1-2-15-5-10-19(11-6-15)26-22(27)20-12-7-17(13-21(20)23(26)28)24(29)30-14-16-3-8-18(25)9-4-16/h3-13H,2,14H2,1H3. The van der Waals surface area contributed by atoms with Gasteiger partial charge in [-0.25, -0.2) is 9.69 Å². The van der Waals surface area contributed by atoms with Crippen LogP contribution in [0.15, 0.2) is 71.2 Å². The van der Waals surface area contributed by atoms with Gasteiger partial charge in [0, 0.05) is 4.47 Å². The summed E-state index contributed by atoms with van der Waals surface area (Å²) < 4.78 is 6.29. The van der Waals surface area contributed by atoms with Crippen LogP contribution >= 0.6 is 15.9 Å². The van der Waals surface area contributed by atoms with E-state index >= 15 is 0 Å². The average Bonchev–Trinajstić information content (AvgIpc) is 3.03. The van der Waals surface area contributed by atoms with Crippen molar-refractivity contribution >= 4 is 39.4 Å². The van der Waals surface area contributed by atoms with Crippen LogP contribution in [0.1, 0.15) is 49.1 Å². The number of ether oxygens (including phenoxy) is 1. The number of fused-ring (bicyclic) bond motifs is 1. The van der Waals surface area contributed by atoms with Crippen LogP contribution in [0.5, 0.6) is 0 Å². The monoisotopic (exact) mass is 463 g/mol. The van der Waals surface area contributed by atoms with Crippen LogP contribution in [0.2, 0.25) is 0 Å². The number of anilines is 1. The van der Waals surface area contributed by atoms with E-state index in [4.69, 9.17) is 4.74 Å². The first kappa shape index (κ1) is 20.0. The van der Waals surface area contributed by atoms with Crippen molar-refractivity contribution in [1.82, 2.24) is 0 Å². The number of carbonyl (C=O) groups excluding carboxylic acids is 3. The van der Waals surface area contributed by atoms with Gasteiger partial charge in [-0.3, -0.25) is 9.59 Å². The molecule has 0 aliphatic carbocycles. The number of benzene rings is 3. The number of carbonyl (C=O) groups is 3. The van der Waals surface area contributed by atoms with Gasteiger partial charge in [0.05, 0.1) is 22.4 Å². The Labute approximate surface area is 182 Å². The lowest BCUT2D eigenvalue weighted by Gasteiger charge is -2.14. The Bertz CT molecular complexity index is 1140. The number of imide groups is 1. The van der Waals surface area contributed by atoms with E-state index in [0.717, 1.165) is 26.9 Å². The summed E-state index contributed by atoms with van der Waals surface area (Å²) in [5, 5.41) is 0. The molecule has 0 spiro atoms. The van der Waals surface area contributed by atoms with Gasteiger partial charge in [0.25, 0.3) is 11.8 Å². The van der Waals surface area contributed by atoms with Crippen LogP contribution in [-0.4, -0.2) is 17.8 Å². The summed E-state index contributed by atoms with van der Waals surface area (Å²) in [5.74, 6) is -1.39. The van der Waals surface area contributed by atoms with E-state index in [1.54, 1.807) is 12.1 Å². The van der Waals surface area contributed by atoms with Crippen molar-refractivity contribution in [3.05, 3.63) is 99.0 Å². The third-order valence-corrected chi connectivity index (χ3v) is 5.54. The molecule has 0 fully saturated rings. The van der Waals surface area contributed by atoms with Gasteiger partial charge in [0.2, 0.25) is 0 Å². The number of amides is 2. The van der Waals surface area contributed by atoms with Crippen LogP contribution in [0.3, 0.4) is 0 Å². The second-order valence-electron chi connectivity index (χ2n) is 6.93. The van der Waals surface area contributed by atoms with Gasteiger partial charge in [0.1, 0.15) is 6.61 Å². The molecule has 0 atom stereocenters. The van der Waals surface area contributed by atoms with Crippen LogP contribution in [0.4, 0.5) is 5.69 Å². The lowest BCUT2D eigenvalue weighted by Crippen LogP contribution is -2.29.